The number of carbonyl (C=O) groups excluding carboxylic acids is 2. The summed E-state index contributed by atoms with van der Waals surface area (Å²) < 4.78 is 0. The van der Waals surface area contributed by atoms with Crippen LogP contribution in [0.5, 0.6) is 0 Å². The van der Waals surface area contributed by atoms with Crippen LogP contribution in [0.15, 0.2) is 53.5 Å². The molecule has 0 radical (unpaired) electrons. The molecule has 1 heterocycles. The minimum atomic E-state index is -0.115. The number of aryl methyl sites for hydroxylation is 1. The van der Waals surface area contributed by atoms with Crippen molar-refractivity contribution in [2.24, 2.45) is 4.99 Å². The van der Waals surface area contributed by atoms with E-state index in [0.29, 0.717) is 31.1 Å². The first-order valence-electron chi connectivity index (χ1n) is 10.6. The molecule has 3 N–H and O–H groups in total. The average molecular weight is 422 g/mol. The van der Waals surface area contributed by atoms with Gasteiger partial charge in [0.2, 0.25) is 5.91 Å². The summed E-state index contributed by atoms with van der Waals surface area (Å²) in [5.74, 6) is 0.868. The van der Waals surface area contributed by atoms with Crippen LogP contribution in [0.4, 0.5) is 0 Å². The Morgan fingerprint density at radius 3 is 2.48 bits per heavy atom. The monoisotopic (exact) mass is 421 g/mol. The number of hydrogen-bond donors (Lipinski definition) is 3. The molecule has 0 aromatic heterocycles. The van der Waals surface area contributed by atoms with Crippen LogP contribution in [0.3, 0.4) is 0 Å². The lowest BCUT2D eigenvalue weighted by atomic mass is 10.0. The molecule has 1 fully saturated rings. The quantitative estimate of drug-likeness (QED) is 0.492. The highest BCUT2D eigenvalue weighted by molar-refractivity contribution is 5.97. The van der Waals surface area contributed by atoms with Gasteiger partial charge in [0.25, 0.3) is 5.91 Å². The average Bonchev–Trinajstić information content (AvgIpc) is 2.79. The number of hydrogen-bond acceptors (Lipinski definition) is 3. The first kappa shape index (κ1) is 22.3. The molecule has 7 nitrogen and oxygen atoms in total. The van der Waals surface area contributed by atoms with E-state index in [9.17, 15) is 9.59 Å². The maximum atomic E-state index is 12.6. The highest BCUT2D eigenvalue weighted by Gasteiger charge is 2.22. The minimum absolute atomic E-state index is 0.114. The number of nitrogens with one attached hydrogen (secondary N) is 3. The Morgan fingerprint density at radius 2 is 1.84 bits per heavy atom. The molecular weight excluding hydrogens is 390 g/mol. The second-order valence-corrected chi connectivity index (χ2v) is 7.89. The molecule has 2 aromatic carbocycles. The highest BCUT2D eigenvalue weighted by atomic mass is 16.2. The summed E-state index contributed by atoms with van der Waals surface area (Å²) in [6, 6.07) is 16.1. The van der Waals surface area contributed by atoms with E-state index < -0.39 is 0 Å². The van der Waals surface area contributed by atoms with Gasteiger partial charge in [0.05, 0.1) is 6.54 Å². The Morgan fingerprint density at radius 1 is 1.13 bits per heavy atom. The topological polar surface area (TPSA) is 85.8 Å². The standard InChI is InChI=1S/C24H31N5O2/c1-17-4-8-20(9-5-17)18(2)14-27-24(25-3)28-15-19-6-10-21(11-7-19)23(31)29-13-12-26-22(30)16-29/h4-11,18H,12-16H2,1-3H3,(H,26,30)(H2,25,27,28). The predicted octanol–water partition coefficient (Wildman–Crippen LogP) is 2.04. The molecule has 0 saturated carbocycles. The van der Waals surface area contributed by atoms with Gasteiger partial charge in [-0.3, -0.25) is 14.6 Å². The second-order valence-electron chi connectivity index (χ2n) is 7.89. The largest absolute Gasteiger partial charge is 0.356 e. The molecule has 1 aliphatic rings. The van der Waals surface area contributed by atoms with Gasteiger partial charge in [-0.2, -0.15) is 0 Å². The fraction of sp³-hybridized carbons (Fsp3) is 0.375. The van der Waals surface area contributed by atoms with E-state index in [1.807, 2.05) is 24.3 Å². The van der Waals surface area contributed by atoms with Crippen molar-refractivity contribution < 1.29 is 9.59 Å². The first-order chi connectivity index (χ1) is 15.0. The Labute approximate surface area is 183 Å². The third-order valence-corrected chi connectivity index (χ3v) is 5.43. The van der Waals surface area contributed by atoms with Crippen molar-refractivity contribution in [1.82, 2.24) is 20.9 Å². The molecule has 7 heteroatoms. The van der Waals surface area contributed by atoms with Crippen LogP contribution in [-0.2, 0) is 11.3 Å². The Balaban J connectivity index is 1.48. The fourth-order valence-electron chi connectivity index (χ4n) is 3.43. The molecule has 0 bridgehead atoms. The van der Waals surface area contributed by atoms with E-state index in [4.69, 9.17) is 0 Å². The number of nitrogens with zero attached hydrogens (tertiary/aromatic N) is 2. The minimum Gasteiger partial charge on any atom is -0.356 e. The number of benzene rings is 2. The molecule has 1 unspecified atom stereocenters. The van der Waals surface area contributed by atoms with Gasteiger partial charge in [0.1, 0.15) is 0 Å². The number of aliphatic imine (C=N–C) groups is 1. The van der Waals surface area contributed by atoms with Crippen molar-refractivity contribution in [1.29, 1.82) is 0 Å². The van der Waals surface area contributed by atoms with Gasteiger partial charge in [-0.1, -0.05) is 48.9 Å². The van der Waals surface area contributed by atoms with Crippen LogP contribution in [-0.4, -0.2) is 55.9 Å². The van der Waals surface area contributed by atoms with E-state index in [1.54, 1.807) is 11.9 Å². The smallest absolute Gasteiger partial charge is 0.254 e. The zero-order chi connectivity index (χ0) is 22.2. The lowest BCUT2D eigenvalue weighted by Crippen LogP contribution is -2.49. The number of rotatable bonds is 6. The molecule has 1 atom stereocenters. The lowest BCUT2D eigenvalue weighted by Gasteiger charge is -2.26. The van der Waals surface area contributed by atoms with E-state index in [-0.39, 0.29) is 18.4 Å². The summed E-state index contributed by atoms with van der Waals surface area (Å²) in [6.07, 6.45) is 0. The van der Waals surface area contributed by atoms with Gasteiger partial charge >= 0.3 is 0 Å². The number of piperazine rings is 1. The molecular formula is C24H31N5O2. The molecule has 0 aliphatic carbocycles. The van der Waals surface area contributed by atoms with E-state index in [2.05, 4.69) is 59.1 Å². The van der Waals surface area contributed by atoms with Crippen molar-refractivity contribution in [3.8, 4) is 0 Å². The molecule has 2 aromatic rings. The molecule has 2 amide bonds. The van der Waals surface area contributed by atoms with Crippen LogP contribution in [0, 0.1) is 6.92 Å². The maximum absolute atomic E-state index is 12.6. The van der Waals surface area contributed by atoms with Crippen LogP contribution in [0.25, 0.3) is 0 Å². The summed E-state index contributed by atoms with van der Waals surface area (Å²) in [7, 11) is 1.75. The van der Waals surface area contributed by atoms with Crippen molar-refractivity contribution in [3.05, 3.63) is 70.8 Å². The zero-order valence-electron chi connectivity index (χ0n) is 18.4. The van der Waals surface area contributed by atoms with E-state index in [0.717, 1.165) is 18.1 Å². The van der Waals surface area contributed by atoms with Gasteiger partial charge in [-0.05, 0) is 36.1 Å². The predicted molar refractivity (Wildman–Crippen MR) is 123 cm³/mol. The molecule has 0 spiro atoms. The Hall–Kier alpha value is -3.35. The van der Waals surface area contributed by atoms with Gasteiger partial charge in [0.15, 0.2) is 5.96 Å². The highest BCUT2D eigenvalue weighted by Crippen LogP contribution is 2.14. The SMILES string of the molecule is CN=C(NCc1ccc(C(=O)N2CCNC(=O)C2)cc1)NCC(C)c1ccc(C)cc1. The third kappa shape index (κ3) is 6.31. The lowest BCUT2D eigenvalue weighted by molar-refractivity contribution is -0.123. The van der Waals surface area contributed by atoms with Crippen molar-refractivity contribution >= 4 is 17.8 Å². The maximum Gasteiger partial charge on any atom is 0.254 e. The molecule has 31 heavy (non-hydrogen) atoms. The van der Waals surface area contributed by atoms with Gasteiger partial charge in [-0.15, -0.1) is 0 Å². The van der Waals surface area contributed by atoms with Crippen molar-refractivity contribution in [3.63, 3.8) is 0 Å². The summed E-state index contributed by atoms with van der Waals surface area (Å²) in [6.45, 7) is 6.81. The normalized spacial score (nSPS) is 15.3. The van der Waals surface area contributed by atoms with E-state index in [1.165, 1.54) is 11.1 Å². The van der Waals surface area contributed by atoms with Crippen molar-refractivity contribution in [2.75, 3.05) is 33.2 Å². The van der Waals surface area contributed by atoms with Gasteiger partial charge in [0, 0.05) is 38.8 Å². The summed E-state index contributed by atoms with van der Waals surface area (Å²) in [5, 5.41) is 9.41. The fourth-order valence-corrected chi connectivity index (χ4v) is 3.43. The zero-order valence-corrected chi connectivity index (χ0v) is 18.4. The van der Waals surface area contributed by atoms with Gasteiger partial charge < -0.3 is 20.9 Å². The summed E-state index contributed by atoms with van der Waals surface area (Å²) >= 11 is 0. The van der Waals surface area contributed by atoms with Crippen molar-refractivity contribution in [2.45, 2.75) is 26.3 Å². The molecule has 1 aliphatic heterocycles. The molecule has 164 valence electrons. The Bertz CT molecular complexity index is 922. The molecule has 1 saturated heterocycles. The second kappa shape index (κ2) is 10.6. The first-order valence-corrected chi connectivity index (χ1v) is 10.6. The van der Waals surface area contributed by atoms with Crippen LogP contribution in [0.2, 0.25) is 0 Å². The van der Waals surface area contributed by atoms with E-state index >= 15 is 0 Å². The van der Waals surface area contributed by atoms with Gasteiger partial charge in [-0.25, -0.2) is 0 Å². The van der Waals surface area contributed by atoms with Crippen LogP contribution in [0.1, 0.15) is 39.9 Å². The van der Waals surface area contributed by atoms with Crippen LogP contribution < -0.4 is 16.0 Å². The number of guanidine groups is 1. The summed E-state index contributed by atoms with van der Waals surface area (Å²) in [5.41, 5.74) is 4.19. The number of carbonyl (C=O) groups is 2. The third-order valence-electron chi connectivity index (χ3n) is 5.43. The van der Waals surface area contributed by atoms with Crippen LogP contribution >= 0.6 is 0 Å². The Kier molecular flexibility index (Phi) is 7.65. The summed E-state index contributed by atoms with van der Waals surface area (Å²) in [4.78, 5) is 29.9. The molecule has 3 rings (SSSR count). The number of amides is 2.